The van der Waals surface area contributed by atoms with E-state index in [1.807, 2.05) is 6.07 Å². The van der Waals surface area contributed by atoms with Crippen molar-refractivity contribution in [3.63, 3.8) is 0 Å². The van der Waals surface area contributed by atoms with Crippen molar-refractivity contribution >= 4 is 41.2 Å². The Hall–Kier alpha value is -2.70. The van der Waals surface area contributed by atoms with Crippen LogP contribution in [-0.4, -0.2) is 41.6 Å². The molecule has 1 aromatic heterocycles. The Bertz CT molecular complexity index is 1250. The predicted molar refractivity (Wildman–Crippen MR) is 138 cm³/mol. The molecule has 1 saturated heterocycles. The van der Waals surface area contributed by atoms with Gasteiger partial charge in [-0.05, 0) is 30.7 Å². The SMILES string of the molecule is Cc1c(/C=C/C23OCCN2c2ccccc2C3(C)C)c2ccccc2n1CC(=O)NCCS. The van der Waals surface area contributed by atoms with Crippen molar-refractivity contribution in [2.24, 2.45) is 0 Å². The highest BCUT2D eigenvalue weighted by molar-refractivity contribution is 7.80. The van der Waals surface area contributed by atoms with Crippen LogP contribution in [0.2, 0.25) is 0 Å². The van der Waals surface area contributed by atoms with E-state index in [4.69, 9.17) is 4.74 Å². The number of nitrogens with zero attached hydrogens (tertiary/aromatic N) is 2. The average molecular weight is 462 g/mol. The molecule has 3 heterocycles. The van der Waals surface area contributed by atoms with Gasteiger partial charge in [-0.15, -0.1) is 0 Å². The van der Waals surface area contributed by atoms with Gasteiger partial charge in [0.05, 0.1) is 6.61 Å². The number of nitrogens with one attached hydrogen (secondary N) is 1. The Kier molecular flexibility index (Phi) is 5.53. The molecule has 0 radical (unpaired) electrons. The van der Waals surface area contributed by atoms with Crippen LogP contribution in [0.5, 0.6) is 0 Å². The van der Waals surface area contributed by atoms with Gasteiger partial charge in [-0.2, -0.15) is 12.6 Å². The topological polar surface area (TPSA) is 46.5 Å². The minimum atomic E-state index is -0.531. The average Bonchev–Trinajstić information content (AvgIpc) is 3.42. The lowest BCUT2D eigenvalue weighted by molar-refractivity contribution is -0.121. The summed E-state index contributed by atoms with van der Waals surface area (Å²) < 4.78 is 8.61. The molecule has 0 aliphatic carbocycles. The molecule has 6 heteroatoms. The molecule has 172 valence electrons. The molecule has 0 spiro atoms. The summed E-state index contributed by atoms with van der Waals surface area (Å²) in [5.74, 6) is 0.627. The quantitative estimate of drug-likeness (QED) is 0.530. The van der Waals surface area contributed by atoms with E-state index in [1.54, 1.807) is 0 Å². The van der Waals surface area contributed by atoms with E-state index in [0.717, 1.165) is 28.7 Å². The Morgan fingerprint density at radius 2 is 1.94 bits per heavy atom. The zero-order valence-corrected chi connectivity index (χ0v) is 20.4. The maximum Gasteiger partial charge on any atom is 0.239 e. The van der Waals surface area contributed by atoms with Crippen molar-refractivity contribution in [3.8, 4) is 0 Å². The number of anilines is 1. The van der Waals surface area contributed by atoms with Crippen molar-refractivity contribution in [1.29, 1.82) is 0 Å². The molecule has 2 aliphatic heterocycles. The van der Waals surface area contributed by atoms with Crippen molar-refractivity contribution in [2.45, 2.75) is 38.5 Å². The minimum absolute atomic E-state index is 0.000274. The summed E-state index contributed by atoms with van der Waals surface area (Å²) in [5, 5.41) is 4.07. The van der Waals surface area contributed by atoms with E-state index >= 15 is 0 Å². The third-order valence-electron chi connectivity index (χ3n) is 7.29. The molecule has 1 amide bonds. The molecule has 1 atom stereocenters. The normalized spacial score (nSPS) is 21.0. The number of carbonyl (C=O) groups is 1. The van der Waals surface area contributed by atoms with E-state index in [-0.39, 0.29) is 11.3 Å². The van der Waals surface area contributed by atoms with Crippen LogP contribution in [0, 0.1) is 6.92 Å². The minimum Gasteiger partial charge on any atom is -0.354 e. The van der Waals surface area contributed by atoms with Crippen molar-refractivity contribution < 1.29 is 9.53 Å². The monoisotopic (exact) mass is 461 g/mol. The van der Waals surface area contributed by atoms with E-state index in [1.165, 1.54) is 11.3 Å². The smallest absolute Gasteiger partial charge is 0.239 e. The Morgan fingerprint density at radius 3 is 2.76 bits per heavy atom. The second-order valence-corrected chi connectivity index (χ2v) is 9.80. The van der Waals surface area contributed by atoms with E-state index < -0.39 is 5.72 Å². The van der Waals surface area contributed by atoms with Gasteiger partial charge in [0.1, 0.15) is 6.54 Å². The molecule has 3 aromatic rings. The molecule has 2 aromatic carbocycles. The van der Waals surface area contributed by atoms with Gasteiger partial charge in [-0.25, -0.2) is 0 Å². The molecule has 5 rings (SSSR count). The summed E-state index contributed by atoms with van der Waals surface area (Å²) in [6.07, 6.45) is 4.44. The lowest BCUT2D eigenvalue weighted by atomic mass is 9.77. The van der Waals surface area contributed by atoms with Crippen LogP contribution in [0.1, 0.15) is 30.7 Å². The van der Waals surface area contributed by atoms with E-state index in [0.29, 0.717) is 25.4 Å². The van der Waals surface area contributed by atoms with Crippen LogP contribution in [0.15, 0.2) is 54.6 Å². The third kappa shape index (κ3) is 3.30. The fourth-order valence-corrected chi connectivity index (χ4v) is 5.71. The third-order valence-corrected chi connectivity index (χ3v) is 7.52. The van der Waals surface area contributed by atoms with Gasteiger partial charge in [0.2, 0.25) is 5.91 Å². The standard InChI is InChI=1S/C27H31N3O2S/c1-19-20(21-8-4-6-10-23(21)29(19)18-25(31)28-14-17-33)12-13-27-26(2,3)22-9-5-7-11-24(22)30(27)15-16-32-27/h4-13,33H,14-18H2,1-3H3,(H,28,31)/b13-12+. The van der Waals surface area contributed by atoms with Gasteiger partial charge >= 0.3 is 0 Å². The number of hydrogen-bond donors (Lipinski definition) is 2. The molecule has 0 bridgehead atoms. The van der Waals surface area contributed by atoms with Gasteiger partial charge in [-0.1, -0.05) is 56.3 Å². The predicted octanol–water partition coefficient (Wildman–Crippen LogP) is 4.53. The summed E-state index contributed by atoms with van der Waals surface area (Å²) in [6.45, 7) is 9.06. The number of thiol groups is 1. The molecule has 1 unspecified atom stereocenters. The first kappa shape index (κ1) is 22.1. The lowest BCUT2D eigenvalue weighted by Gasteiger charge is -2.39. The van der Waals surface area contributed by atoms with E-state index in [2.05, 4.69) is 103 Å². The van der Waals surface area contributed by atoms with E-state index in [9.17, 15) is 4.79 Å². The summed E-state index contributed by atoms with van der Waals surface area (Å²) in [5.41, 5.74) is 5.10. The molecule has 1 fully saturated rings. The molecular weight excluding hydrogens is 430 g/mol. The molecular formula is C27H31N3O2S. The molecule has 1 N–H and O–H groups in total. The van der Waals surface area contributed by atoms with Crippen molar-refractivity contribution in [3.05, 3.63) is 71.4 Å². The number of ether oxygens (including phenoxy) is 1. The molecule has 33 heavy (non-hydrogen) atoms. The Labute approximate surface area is 200 Å². The number of carbonyl (C=O) groups excluding carboxylic acids is 1. The van der Waals surface area contributed by atoms with Crippen LogP contribution in [0.3, 0.4) is 0 Å². The van der Waals surface area contributed by atoms with Crippen molar-refractivity contribution in [2.75, 3.05) is 30.3 Å². The largest absolute Gasteiger partial charge is 0.354 e. The number of aromatic nitrogens is 1. The first-order valence-electron chi connectivity index (χ1n) is 11.6. The second-order valence-electron chi connectivity index (χ2n) is 9.35. The molecule has 5 nitrogen and oxygen atoms in total. The number of rotatable bonds is 6. The number of hydrogen-bond acceptors (Lipinski definition) is 4. The van der Waals surface area contributed by atoms with Gasteiger partial charge in [0.25, 0.3) is 0 Å². The van der Waals surface area contributed by atoms with Crippen molar-refractivity contribution in [1.82, 2.24) is 9.88 Å². The maximum absolute atomic E-state index is 12.5. The van der Waals surface area contributed by atoms with Crippen LogP contribution in [0.25, 0.3) is 17.0 Å². The van der Waals surface area contributed by atoms with Crippen LogP contribution in [-0.2, 0) is 21.5 Å². The number of benzene rings is 2. The van der Waals surface area contributed by atoms with Gasteiger partial charge in [0, 0.05) is 52.1 Å². The summed E-state index contributed by atoms with van der Waals surface area (Å²) >= 11 is 4.19. The highest BCUT2D eigenvalue weighted by Gasteiger charge is 2.58. The zero-order valence-electron chi connectivity index (χ0n) is 19.5. The van der Waals surface area contributed by atoms with Gasteiger partial charge in [0.15, 0.2) is 5.72 Å². The van der Waals surface area contributed by atoms with Crippen LogP contribution >= 0.6 is 12.6 Å². The van der Waals surface area contributed by atoms with Gasteiger partial charge in [-0.3, -0.25) is 4.79 Å². The maximum atomic E-state index is 12.5. The highest BCUT2D eigenvalue weighted by atomic mass is 32.1. The van der Waals surface area contributed by atoms with Crippen LogP contribution < -0.4 is 10.2 Å². The highest BCUT2D eigenvalue weighted by Crippen LogP contribution is 2.55. The molecule has 2 aliphatic rings. The summed E-state index contributed by atoms with van der Waals surface area (Å²) in [7, 11) is 0. The Morgan fingerprint density at radius 1 is 1.18 bits per heavy atom. The fraction of sp³-hybridized carbons (Fsp3) is 0.370. The van der Waals surface area contributed by atoms with Crippen LogP contribution in [0.4, 0.5) is 5.69 Å². The first-order valence-corrected chi connectivity index (χ1v) is 12.2. The number of fused-ring (bicyclic) bond motifs is 4. The Balaban J connectivity index is 1.57. The summed E-state index contributed by atoms with van der Waals surface area (Å²) in [6, 6.07) is 16.9. The number of para-hydroxylation sites is 2. The zero-order chi connectivity index (χ0) is 23.2. The summed E-state index contributed by atoms with van der Waals surface area (Å²) in [4.78, 5) is 14.9. The van der Waals surface area contributed by atoms with Gasteiger partial charge < -0.3 is 19.5 Å². The second kappa shape index (κ2) is 8.26. The molecule has 0 saturated carbocycles. The first-order chi connectivity index (χ1) is 15.9. The fourth-order valence-electron chi connectivity index (χ4n) is 5.59. The lowest BCUT2D eigenvalue weighted by Crippen LogP contribution is -2.51. The number of amides is 1.